The Balaban J connectivity index is 1.95. The summed E-state index contributed by atoms with van der Waals surface area (Å²) in [6.07, 6.45) is 1.21. The highest BCUT2D eigenvalue weighted by molar-refractivity contribution is 5.22. The summed E-state index contributed by atoms with van der Waals surface area (Å²) in [5.41, 5.74) is 4.63. The Morgan fingerprint density at radius 2 is 1.87 bits per heavy atom. The summed E-state index contributed by atoms with van der Waals surface area (Å²) in [6.45, 7) is 7.92. The lowest BCUT2D eigenvalue weighted by Crippen LogP contribution is -2.20. The quantitative estimate of drug-likeness (QED) is 0.679. The summed E-state index contributed by atoms with van der Waals surface area (Å²) in [5, 5.41) is 0. The molecule has 1 aromatic rings. The second-order valence-corrected chi connectivity index (χ2v) is 4.37. The molecule has 0 saturated carbocycles. The van der Waals surface area contributed by atoms with Gasteiger partial charge in [-0.3, -0.25) is 4.90 Å². The normalized spacial score (nSPS) is 17.5. The van der Waals surface area contributed by atoms with Crippen LogP contribution in [0.4, 0.5) is 0 Å². The van der Waals surface area contributed by atoms with Gasteiger partial charge in [0.15, 0.2) is 0 Å². The average molecular weight is 201 g/mol. The summed E-state index contributed by atoms with van der Waals surface area (Å²) in [6, 6.07) is 10.7. The molecule has 1 aromatic carbocycles. The molecule has 80 valence electrons. The SMILES string of the molecule is CCC1=C(C)CN(Cc2ccccc2)C1. The molecule has 0 bridgehead atoms. The maximum atomic E-state index is 2.52. The summed E-state index contributed by atoms with van der Waals surface area (Å²) in [5.74, 6) is 0. The van der Waals surface area contributed by atoms with Crippen LogP contribution < -0.4 is 0 Å². The van der Waals surface area contributed by atoms with Gasteiger partial charge in [-0.2, -0.15) is 0 Å². The van der Waals surface area contributed by atoms with Gasteiger partial charge in [-0.05, 0) is 18.9 Å². The third-order valence-corrected chi connectivity index (χ3v) is 3.15. The minimum absolute atomic E-state index is 1.08. The molecule has 1 heteroatoms. The summed E-state index contributed by atoms with van der Waals surface area (Å²) in [4.78, 5) is 2.52. The Kier molecular flexibility index (Phi) is 3.22. The first kappa shape index (κ1) is 10.4. The van der Waals surface area contributed by atoms with Gasteiger partial charge >= 0.3 is 0 Å². The molecule has 1 nitrogen and oxygen atoms in total. The Morgan fingerprint density at radius 3 is 2.47 bits per heavy atom. The smallest absolute Gasteiger partial charge is 0.0240 e. The number of nitrogens with zero attached hydrogens (tertiary/aromatic N) is 1. The fourth-order valence-electron chi connectivity index (χ4n) is 2.27. The molecular weight excluding hydrogens is 182 g/mol. The van der Waals surface area contributed by atoms with Gasteiger partial charge in [-0.15, -0.1) is 0 Å². The van der Waals surface area contributed by atoms with Crippen molar-refractivity contribution in [1.82, 2.24) is 4.90 Å². The first-order valence-electron chi connectivity index (χ1n) is 5.73. The fourth-order valence-corrected chi connectivity index (χ4v) is 2.27. The van der Waals surface area contributed by atoms with E-state index in [1.807, 2.05) is 0 Å². The molecule has 0 aliphatic carbocycles. The van der Waals surface area contributed by atoms with E-state index in [1.54, 1.807) is 11.1 Å². The van der Waals surface area contributed by atoms with E-state index in [-0.39, 0.29) is 0 Å². The minimum Gasteiger partial charge on any atom is -0.291 e. The highest BCUT2D eigenvalue weighted by Crippen LogP contribution is 2.21. The van der Waals surface area contributed by atoms with Crippen LogP contribution in [0.5, 0.6) is 0 Å². The van der Waals surface area contributed by atoms with Crippen molar-refractivity contribution in [3.63, 3.8) is 0 Å². The molecule has 0 N–H and O–H groups in total. The van der Waals surface area contributed by atoms with E-state index in [2.05, 4.69) is 49.1 Å². The molecule has 0 aromatic heterocycles. The van der Waals surface area contributed by atoms with Crippen molar-refractivity contribution in [3.05, 3.63) is 47.0 Å². The predicted molar refractivity (Wildman–Crippen MR) is 64.7 cm³/mol. The van der Waals surface area contributed by atoms with Crippen LogP contribution in [-0.2, 0) is 6.54 Å². The van der Waals surface area contributed by atoms with Crippen molar-refractivity contribution in [2.24, 2.45) is 0 Å². The fraction of sp³-hybridized carbons (Fsp3) is 0.429. The van der Waals surface area contributed by atoms with Crippen LogP contribution in [-0.4, -0.2) is 18.0 Å². The van der Waals surface area contributed by atoms with Crippen molar-refractivity contribution in [2.45, 2.75) is 26.8 Å². The van der Waals surface area contributed by atoms with E-state index in [0.29, 0.717) is 0 Å². The van der Waals surface area contributed by atoms with Crippen molar-refractivity contribution in [2.75, 3.05) is 13.1 Å². The molecule has 0 unspecified atom stereocenters. The molecule has 15 heavy (non-hydrogen) atoms. The summed E-state index contributed by atoms with van der Waals surface area (Å²) in [7, 11) is 0. The minimum atomic E-state index is 1.08. The zero-order valence-corrected chi connectivity index (χ0v) is 9.66. The zero-order valence-electron chi connectivity index (χ0n) is 9.66. The third-order valence-electron chi connectivity index (χ3n) is 3.15. The maximum absolute atomic E-state index is 2.52. The first-order valence-corrected chi connectivity index (χ1v) is 5.73. The molecule has 1 heterocycles. The third kappa shape index (κ3) is 2.48. The molecule has 0 saturated heterocycles. The Bertz CT molecular complexity index is 351. The lowest BCUT2D eigenvalue weighted by Gasteiger charge is -2.15. The molecule has 0 fully saturated rings. The van der Waals surface area contributed by atoms with Crippen molar-refractivity contribution >= 4 is 0 Å². The highest BCUT2D eigenvalue weighted by Gasteiger charge is 2.17. The van der Waals surface area contributed by atoms with E-state index in [9.17, 15) is 0 Å². The van der Waals surface area contributed by atoms with Crippen LogP contribution in [0.3, 0.4) is 0 Å². The van der Waals surface area contributed by atoms with Gasteiger partial charge in [0.25, 0.3) is 0 Å². The van der Waals surface area contributed by atoms with Crippen LogP contribution in [0, 0.1) is 0 Å². The molecular formula is C14H19N. The number of rotatable bonds is 3. The largest absolute Gasteiger partial charge is 0.291 e. The number of hydrogen-bond donors (Lipinski definition) is 0. The van der Waals surface area contributed by atoms with E-state index in [1.165, 1.54) is 12.0 Å². The van der Waals surface area contributed by atoms with E-state index in [0.717, 1.165) is 19.6 Å². The van der Waals surface area contributed by atoms with Gasteiger partial charge in [-0.25, -0.2) is 0 Å². The summed E-state index contributed by atoms with van der Waals surface area (Å²) < 4.78 is 0. The standard InChI is InChI=1S/C14H19N/c1-3-14-11-15(9-12(14)2)10-13-7-5-4-6-8-13/h4-8H,3,9-11H2,1-2H3. The number of hydrogen-bond acceptors (Lipinski definition) is 1. The van der Waals surface area contributed by atoms with E-state index in [4.69, 9.17) is 0 Å². The molecule has 1 aliphatic rings. The Hall–Kier alpha value is -1.08. The van der Waals surface area contributed by atoms with Crippen molar-refractivity contribution < 1.29 is 0 Å². The Labute approximate surface area is 92.4 Å². The molecule has 0 radical (unpaired) electrons. The maximum Gasteiger partial charge on any atom is 0.0240 e. The summed E-state index contributed by atoms with van der Waals surface area (Å²) >= 11 is 0. The second-order valence-electron chi connectivity index (χ2n) is 4.37. The van der Waals surface area contributed by atoms with Gasteiger partial charge < -0.3 is 0 Å². The Morgan fingerprint density at radius 1 is 1.13 bits per heavy atom. The molecule has 0 spiro atoms. The average Bonchev–Trinajstić information content (AvgIpc) is 2.60. The van der Waals surface area contributed by atoms with Crippen LogP contribution in [0.15, 0.2) is 41.5 Å². The van der Waals surface area contributed by atoms with Crippen molar-refractivity contribution in [3.8, 4) is 0 Å². The first-order chi connectivity index (χ1) is 7.29. The van der Waals surface area contributed by atoms with E-state index < -0.39 is 0 Å². The van der Waals surface area contributed by atoms with Gasteiger partial charge in [0.2, 0.25) is 0 Å². The predicted octanol–water partition coefficient (Wildman–Crippen LogP) is 3.23. The topological polar surface area (TPSA) is 3.24 Å². The van der Waals surface area contributed by atoms with Crippen LogP contribution in [0.1, 0.15) is 25.8 Å². The lowest BCUT2D eigenvalue weighted by atomic mass is 10.1. The molecule has 2 rings (SSSR count). The second kappa shape index (κ2) is 4.63. The van der Waals surface area contributed by atoms with E-state index >= 15 is 0 Å². The van der Waals surface area contributed by atoms with Crippen LogP contribution >= 0.6 is 0 Å². The van der Waals surface area contributed by atoms with Crippen molar-refractivity contribution in [1.29, 1.82) is 0 Å². The number of benzene rings is 1. The molecule has 1 aliphatic heterocycles. The highest BCUT2D eigenvalue weighted by atomic mass is 15.1. The monoisotopic (exact) mass is 201 g/mol. The molecule has 0 atom stereocenters. The molecule has 0 amide bonds. The zero-order chi connectivity index (χ0) is 10.7. The lowest BCUT2D eigenvalue weighted by molar-refractivity contribution is 0.336. The van der Waals surface area contributed by atoms with Crippen LogP contribution in [0.2, 0.25) is 0 Å². The van der Waals surface area contributed by atoms with Gasteiger partial charge in [0, 0.05) is 19.6 Å². The van der Waals surface area contributed by atoms with Gasteiger partial charge in [0.1, 0.15) is 0 Å². The van der Waals surface area contributed by atoms with Crippen LogP contribution in [0.25, 0.3) is 0 Å². The van der Waals surface area contributed by atoms with Gasteiger partial charge in [0.05, 0.1) is 0 Å². The van der Waals surface area contributed by atoms with Gasteiger partial charge in [-0.1, -0.05) is 48.4 Å².